The number of hydrogen-bond donors (Lipinski definition) is 2. The molecule has 3 nitrogen and oxygen atoms in total. The first-order valence-corrected chi connectivity index (χ1v) is 8.22. The number of aliphatic hydroxyl groups excluding tert-OH is 1. The SMILES string of the molecule is Cc1ccc(CSCC(=O)NC(CCO)C(C)C)cc1. The van der Waals surface area contributed by atoms with Crippen molar-refractivity contribution in [1.82, 2.24) is 5.32 Å². The molecular formula is C16H25NO2S. The molecular weight excluding hydrogens is 270 g/mol. The molecule has 0 aliphatic rings. The van der Waals surface area contributed by atoms with Gasteiger partial charge in [-0.25, -0.2) is 0 Å². The second kappa shape index (κ2) is 9.03. The zero-order valence-corrected chi connectivity index (χ0v) is 13.4. The zero-order valence-electron chi connectivity index (χ0n) is 12.6. The van der Waals surface area contributed by atoms with E-state index in [0.29, 0.717) is 18.1 Å². The Labute approximate surface area is 126 Å². The van der Waals surface area contributed by atoms with Gasteiger partial charge in [-0.05, 0) is 24.8 Å². The molecule has 2 N–H and O–H groups in total. The van der Waals surface area contributed by atoms with E-state index < -0.39 is 0 Å². The number of carbonyl (C=O) groups is 1. The van der Waals surface area contributed by atoms with Gasteiger partial charge in [0, 0.05) is 18.4 Å². The molecule has 1 atom stereocenters. The summed E-state index contributed by atoms with van der Waals surface area (Å²) in [6, 6.07) is 8.44. The molecule has 0 heterocycles. The Kier molecular flexibility index (Phi) is 7.70. The summed E-state index contributed by atoms with van der Waals surface area (Å²) in [4.78, 5) is 11.9. The van der Waals surface area contributed by atoms with Gasteiger partial charge >= 0.3 is 0 Å². The molecule has 1 rings (SSSR count). The van der Waals surface area contributed by atoms with Crippen LogP contribution in [0.4, 0.5) is 0 Å². The summed E-state index contributed by atoms with van der Waals surface area (Å²) < 4.78 is 0. The second-order valence-electron chi connectivity index (χ2n) is 5.41. The van der Waals surface area contributed by atoms with Crippen LogP contribution in [-0.2, 0) is 10.5 Å². The molecule has 112 valence electrons. The fourth-order valence-corrected chi connectivity index (χ4v) is 2.70. The summed E-state index contributed by atoms with van der Waals surface area (Å²) in [5, 5.41) is 12.0. The number of carbonyl (C=O) groups excluding carboxylic acids is 1. The summed E-state index contributed by atoms with van der Waals surface area (Å²) in [5.74, 6) is 1.70. The van der Waals surface area contributed by atoms with Crippen LogP contribution in [0.5, 0.6) is 0 Å². The van der Waals surface area contributed by atoms with E-state index in [1.54, 1.807) is 11.8 Å². The van der Waals surface area contributed by atoms with Crippen LogP contribution in [0.15, 0.2) is 24.3 Å². The lowest BCUT2D eigenvalue weighted by Gasteiger charge is -2.21. The van der Waals surface area contributed by atoms with Crippen LogP contribution in [-0.4, -0.2) is 29.4 Å². The van der Waals surface area contributed by atoms with Crippen LogP contribution >= 0.6 is 11.8 Å². The van der Waals surface area contributed by atoms with Crippen LogP contribution in [0, 0.1) is 12.8 Å². The van der Waals surface area contributed by atoms with Gasteiger partial charge in [-0.2, -0.15) is 0 Å². The van der Waals surface area contributed by atoms with Crippen molar-refractivity contribution < 1.29 is 9.90 Å². The van der Waals surface area contributed by atoms with Gasteiger partial charge in [0.05, 0.1) is 5.75 Å². The molecule has 1 aromatic carbocycles. The van der Waals surface area contributed by atoms with E-state index >= 15 is 0 Å². The number of benzene rings is 1. The fraction of sp³-hybridized carbons (Fsp3) is 0.562. The molecule has 0 fully saturated rings. The third-order valence-electron chi connectivity index (χ3n) is 3.21. The maximum absolute atomic E-state index is 11.9. The lowest BCUT2D eigenvalue weighted by atomic mass is 10.0. The lowest BCUT2D eigenvalue weighted by Crippen LogP contribution is -2.40. The number of thioether (sulfide) groups is 1. The Bertz CT molecular complexity index is 403. The highest BCUT2D eigenvalue weighted by Gasteiger charge is 2.15. The summed E-state index contributed by atoms with van der Waals surface area (Å²) in [6.45, 7) is 6.29. The van der Waals surface area contributed by atoms with Gasteiger partial charge in [0.1, 0.15) is 0 Å². The van der Waals surface area contributed by atoms with Crippen LogP contribution in [0.25, 0.3) is 0 Å². The van der Waals surface area contributed by atoms with Crippen LogP contribution in [0.2, 0.25) is 0 Å². The van der Waals surface area contributed by atoms with Gasteiger partial charge in [0.25, 0.3) is 0 Å². The smallest absolute Gasteiger partial charge is 0.230 e. The fourth-order valence-electron chi connectivity index (χ4n) is 1.91. The monoisotopic (exact) mass is 295 g/mol. The largest absolute Gasteiger partial charge is 0.396 e. The van der Waals surface area contributed by atoms with Gasteiger partial charge in [0.15, 0.2) is 0 Å². The summed E-state index contributed by atoms with van der Waals surface area (Å²) in [7, 11) is 0. The Morgan fingerprint density at radius 3 is 2.50 bits per heavy atom. The molecule has 0 spiro atoms. The number of hydrogen-bond acceptors (Lipinski definition) is 3. The Morgan fingerprint density at radius 2 is 1.95 bits per heavy atom. The molecule has 0 aromatic heterocycles. The topological polar surface area (TPSA) is 49.3 Å². The number of aliphatic hydroxyl groups is 1. The first-order valence-electron chi connectivity index (χ1n) is 7.06. The van der Waals surface area contributed by atoms with Crippen molar-refractivity contribution in [3.63, 3.8) is 0 Å². The molecule has 0 bridgehead atoms. The Hall–Kier alpha value is -1.00. The highest BCUT2D eigenvalue weighted by Crippen LogP contribution is 2.13. The molecule has 0 saturated carbocycles. The van der Waals surface area contributed by atoms with Crippen molar-refractivity contribution >= 4 is 17.7 Å². The van der Waals surface area contributed by atoms with Crippen molar-refractivity contribution in [1.29, 1.82) is 0 Å². The molecule has 0 aliphatic heterocycles. The summed E-state index contributed by atoms with van der Waals surface area (Å²) in [5.41, 5.74) is 2.49. The van der Waals surface area contributed by atoms with Crippen LogP contribution in [0.3, 0.4) is 0 Å². The van der Waals surface area contributed by atoms with E-state index in [-0.39, 0.29) is 18.6 Å². The average Bonchev–Trinajstić information content (AvgIpc) is 2.40. The van der Waals surface area contributed by atoms with Crippen LogP contribution < -0.4 is 5.32 Å². The van der Waals surface area contributed by atoms with Crippen molar-refractivity contribution in [2.75, 3.05) is 12.4 Å². The Balaban J connectivity index is 2.30. The molecule has 0 radical (unpaired) electrons. The molecule has 1 amide bonds. The molecule has 4 heteroatoms. The summed E-state index contributed by atoms with van der Waals surface area (Å²) >= 11 is 1.62. The van der Waals surface area contributed by atoms with Gasteiger partial charge < -0.3 is 10.4 Å². The number of amides is 1. The maximum Gasteiger partial charge on any atom is 0.230 e. The highest BCUT2D eigenvalue weighted by molar-refractivity contribution is 7.99. The second-order valence-corrected chi connectivity index (χ2v) is 6.39. The van der Waals surface area contributed by atoms with Crippen LogP contribution in [0.1, 0.15) is 31.4 Å². The van der Waals surface area contributed by atoms with Crippen molar-refractivity contribution in [3.8, 4) is 0 Å². The average molecular weight is 295 g/mol. The van der Waals surface area contributed by atoms with Crippen molar-refractivity contribution in [2.45, 2.75) is 39.0 Å². The van der Waals surface area contributed by atoms with Crippen molar-refractivity contribution in [2.24, 2.45) is 5.92 Å². The van der Waals surface area contributed by atoms with Gasteiger partial charge in [-0.1, -0.05) is 43.7 Å². The molecule has 20 heavy (non-hydrogen) atoms. The van der Waals surface area contributed by atoms with E-state index in [4.69, 9.17) is 5.11 Å². The molecule has 0 saturated heterocycles. The van der Waals surface area contributed by atoms with Gasteiger partial charge in [0.2, 0.25) is 5.91 Å². The minimum atomic E-state index is 0.0502. The first-order chi connectivity index (χ1) is 9.52. The maximum atomic E-state index is 11.9. The zero-order chi connectivity index (χ0) is 15.0. The third-order valence-corrected chi connectivity index (χ3v) is 4.22. The van der Waals surface area contributed by atoms with Crippen molar-refractivity contribution in [3.05, 3.63) is 35.4 Å². The van der Waals surface area contributed by atoms with E-state index in [1.165, 1.54) is 11.1 Å². The van der Waals surface area contributed by atoms with E-state index in [1.807, 2.05) is 0 Å². The standard InChI is InChI=1S/C16H25NO2S/c1-12(2)15(8-9-18)17-16(19)11-20-10-14-6-4-13(3)5-7-14/h4-7,12,15,18H,8-11H2,1-3H3,(H,17,19). The number of aryl methyl sites for hydroxylation is 1. The van der Waals surface area contributed by atoms with Gasteiger partial charge in [-0.3, -0.25) is 4.79 Å². The third kappa shape index (κ3) is 6.44. The molecule has 1 aromatic rings. The quantitative estimate of drug-likeness (QED) is 0.775. The van der Waals surface area contributed by atoms with E-state index in [9.17, 15) is 4.79 Å². The van der Waals surface area contributed by atoms with Gasteiger partial charge in [-0.15, -0.1) is 11.8 Å². The minimum absolute atomic E-state index is 0.0502. The number of nitrogens with one attached hydrogen (secondary N) is 1. The lowest BCUT2D eigenvalue weighted by molar-refractivity contribution is -0.119. The highest BCUT2D eigenvalue weighted by atomic mass is 32.2. The van der Waals surface area contributed by atoms with E-state index in [2.05, 4.69) is 50.4 Å². The van der Waals surface area contributed by atoms with E-state index in [0.717, 1.165) is 5.75 Å². The minimum Gasteiger partial charge on any atom is -0.396 e. The predicted molar refractivity (Wildman–Crippen MR) is 85.8 cm³/mol. The normalized spacial score (nSPS) is 12.4. The molecule has 0 aliphatic carbocycles. The number of rotatable bonds is 8. The summed E-state index contributed by atoms with van der Waals surface area (Å²) in [6.07, 6.45) is 0.617. The first kappa shape index (κ1) is 17.1. The Morgan fingerprint density at radius 1 is 1.30 bits per heavy atom. The molecule has 1 unspecified atom stereocenters. The predicted octanol–water partition coefficient (Wildman–Crippen LogP) is 2.75.